The van der Waals surface area contributed by atoms with Gasteiger partial charge in [-0.2, -0.15) is 0 Å². The lowest BCUT2D eigenvalue weighted by Gasteiger charge is -2.28. The van der Waals surface area contributed by atoms with Crippen LogP contribution in [0, 0.1) is 12.7 Å². The van der Waals surface area contributed by atoms with Crippen molar-refractivity contribution in [2.75, 3.05) is 19.6 Å². The Morgan fingerprint density at radius 1 is 1.38 bits per heavy atom. The van der Waals surface area contributed by atoms with Gasteiger partial charge in [0.05, 0.1) is 18.2 Å². The number of nitrogens with one attached hydrogen (secondary N) is 1. The smallest absolute Gasteiger partial charge is 0.227 e. The maximum absolute atomic E-state index is 14.2. The Hall–Kier alpha value is -2.21. The molecule has 128 valence electrons. The van der Waals surface area contributed by atoms with Crippen molar-refractivity contribution in [1.29, 1.82) is 0 Å². The zero-order valence-corrected chi connectivity index (χ0v) is 13.8. The molecule has 0 unspecified atom stereocenters. The summed E-state index contributed by atoms with van der Waals surface area (Å²) < 4.78 is 19.3. The Morgan fingerprint density at radius 3 is 2.79 bits per heavy atom. The van der Waals surface area contributed by atoms with Crippen LogP contribution < -0.4 is 5.32 Å². The molecular weight excluding hydrogens is 309 g/mol. The SMILES string of the molecule is Cc1cc(CC(=O)NC[C@@H](c2ccccc2F)N2CCCC2)on1. The minimum absolute atomic E-state index is 0.144. The van der Waals surface area contributed by atoms with E-state index in [1.807, 2.05) is 13.0 Å². The third-order valence-corrected chi connectivity index (χ3v) is 4.35. The van der Waals surface area contributed by atoms with Gasteiger partial charge < -0.3 is 9.84 Å². The number of amides is 1. The number of halogens is 1. The molecule has 1 aliphatic heterocycles. The van der Waals surface area contributed by atoms with E-state index in [9.17, 15) is 9.18 Å². The monoisotopic (exact) mass is 331 g/mol. The van der Waals surface area contributed by atoms with Crippen molar-refractivity contribution >= 4 is 5.91 Å². The zero-order valence-electron chi connectivity index (χ0n) is 13.8. The maximum atomic E-state index is 14.2. The van der Waals surface area contributed by atoms with E-state index in [0.29, 0.717) is 17.9 Å². The highest BCUT2D eigenvalue weighted by Crippen LogP contribution is 2.26. The summed E-state index contributed by atoms with van der Waals surface area (Å²) in [4.78, 5) is 14.4. The largest absolute Gasteiger partial charge is 0.361 e. The van der Waals surface area contributed by atoms with Crippen LogP contribution >= 0.6 is 0 Å². The first kappa shape index (κ1) is 16.6. The summed E-state index contributed by atoms with van der Waals surface area (Å²) in [6, 6.07) is 8.38. The number of hydrogen-bond acceptors (Lipinski definition) is 4. The molecule has 1 saturated heterocycles. The average molecular weight is 331 g/mol. The maximum Gasteiger partial charge on any atom is 0.227 e. The van der Waals surface area contributed by atoms with Crippen LogP contribution in [0.25, 0.3) is 0 Å². The molecule has 6 heteroatoms. The topological polar surface area (TPSA) is 58.4 Å². The third kappa shape index (κ3) is 4.00. The standard InChI is InChI=1S/C18H22FN3O2/c1-13-10-14(24-21-13)11-18(23)20-12-17(22-8-4-5-9-22)15-6-2-3-7-16(15)19/h2-3,6-7,10,17H,4-5,8-9,11-12H2,1H3,(H,20,23)/t17-/m0/s1. The molecule has 1 aliphatic rings. The van der Waals surface area contributed by atoms with E-state index < -0.39 is 0 Å². The molecule has 1 fully saturated rings. The van der Waals surface area contributed by atoms with Gasteiger partial charge in [-0.25, -0.2) is 4.39 Å². The number of rotatable bonds is 6. The number of aryl methyl sites for hydroxylation is 1. The Kier molecular flexibility index (Phi) is 5.25. The molecule has 0 bridgehead atoms. The highest BCUT2D eigenvalue weighted by molar-refractivity contribution is 5.77. The molecule has 5 nitrogen and oxygen atoms in total. The minimum atomic E-state index is -0.227. The van der Waals surface area contributed by atoms with Gasteiger partial charge in [0.25, 0.3) is 0 Å². The molecule has 0 aliphatic carbocycles. The predicted octanol–water partition coefficient (Wildman–Crippen LogP) is 2.62. The lowest BCUT2D eigenvalue weighted by Crippen LogP contribution is -2.37. The van der Waals surface area contributed by atoms with Gasteiger partial charge in [0.2, 0.25) is 5.91 Å². The van der Waals surface area contributed by atoms with Gasteiger partial charge in [0, 0.05) is 18.2 Å². The first-order chi connectivity index (χ1) is 11.6. The molecule has 1 N–H and O–H groups in total. The summed E-state index contributed by atoms with van der Waals surface area (Å²) in [5.41, 5.74) is 1.38. The van der Waals surface area contributed by atoms with Gasteiger partial charge >= 0.3 is 0 Å². The van der Waals surface area contributed by atoms with Crippen LogP contribution in [-0.2, 0) is 11.2 Å². The predicted molar refractivity (Wildman–Crippen MR) is 87.9 cm³/mol. The fourth-order valence-electron chi connectivity index (χ4n) is 3.17. The molecule has 1 aromatic carbocycles. The molecule has 1 amide bonds. The quantitative estimate of drug-likeness (QED) is 0.884. The Balaban J connectivity index is 1.65. The van der Waals surface area contributed by atoms with E-state index in [1.165, 1.54) is 6.07 Å². The van der Waals surface area contributed by atoms with Crippen LogP contribution in [0.4, 0.5) is 4.39 Å². The zero-order chi connectivity index (χ0) is 16.9. The molecular formula is C18H22FN3O2. The van der Waals surface area contributed by atoms with E-state index in [1.54, 1.807) is 18.2 Å². The van der Waals surface area contributed by atoms with E-state index in [0.717, 1.165) is 31.6 Å². The van der Waals surface area contributed by atoms with E-state index in [4.69, 9.17) is 4.52 Å². The van der Waals surface area contributed by atoms with Crippen molar-refractivity contribution in [1.82, 2.24) is 15.4 Å². The second kappa shape index (κ2) is 7.57. The normalized spacial score (nSPS) is 16.2. The highest BCUT2D eigenvalue weighted by atomic mass is 19.1. The first-order valence-electron chi connectivity index (χ1n) is 8.31. The Bertz CT molecular complexity index is 695. The summed E-state index contributed by atoms with van der Waals surface area (Å²) in [5, 5.41) is 6.68. The second-order valence-corrected chi connectivity index (χ2v) is 6.20. The van der Waals surface area contributed by atoms with Gasteiger partial charge in [-0.15, -0.1) is 0 Å². The number of aromatic nitrogens is 1. The number of carbonyl (C=O) groups excluding carboxylic acids is 1. The number of hydrogen-bond donors (Lipinski definition) is 1. The van der Waals surface area contributed by atoms with Crippen LogP contribution in [-0.4, -0.2) is 35.6 Å². The van der Waals surface area contributed by atoms with Gasteiger partial charge in [-0.05, 0) is 38.9 Å². The molecule has 0 radical (unpaired) electrons. The van der Waals surface area contributed by atoms with E-state index in [-0.39, 0.29) is 24.2 Å². The number of benzene rings is 1. The Morgan fingerprint density at radius 2 is 2.12 bits per heavy atom. The van der Waals surface area contributed by atoms with Crippen molar-refractivity contribution in [2.24, 2.45) is 0 Å². The van der Waals surface area contributed by atoms with Crippen molar-refractivity contribution in [3.05, 3.63) is 53.2 Å². The summed E-state index contributed by atoms with van der Waals surface area (Å²) in [5.74, 6) is 0.162. The van der Waals surface area contributed by atoms with Crippen molar-refractivity contribution < 1.29 is 13.7 Å². The van der Waals surface area contributed by atoms with E-state index >= 15 is 0 Å². The second-order valence-electron chi connectivity index (χ2n) is 6.20. The van der Waals surface area contributed by atoms with Gasteiger partial charge in [-0.3, -0.25) is 9.69 Å². The van der Waals surface area contributed by atoms with Gasteiger partial charge in [0.1, 0.15) is 11.6 Å². The van der Waals surface area contributed by atoms with Crippen LogP contribution in [0.1, 0.15) is 35.9 Å². The molecule has 2 heterocycles. The molecule has 0 spiro atoms. The van der Waals surface area contributed by atoms with Gasteiger partial charge in [0.15, 0.2) is 0 Å². The number of likely N-dealkylation sites (tertiary alicyclic amines) is 1. The number of carbonyl (C=O) groups is 1. The fraction of sp³-hybridized carbons (Fsp3) is 0.444. The van der Waals surface area contributed by atoms with Crippen molar-refractivity contribution in [2.45, 2.75) is 32.2 Å². The van der Waals surface area contributed by atoms with Crippen LogP contribution in [0.15, 0.2) is 34.9 Å². The average Bonchev–Trinajstić information content (AvgIpc) is 3.21. The van der Waals surface area contributed by atoms with Crippen LogP contribution in [0.3, 0.4) is 0 Å². The molecule has 1 atom stereocenters. The molecule has 3 rings (SSSR count). The molecule has 1 aromatic heterocycles. The molecule has 2 aromatic rings. The van der Waals surface area contributed by atoms with Crippen molar-refractivity contribution in [3.8, 4) is 0 Å². The minimum Gasteiger partial charge on any atom is -0.361 e. The fourth-order valence-corrected chi connectivity index (χ4v) is 3.17. The van der Waals surface area contributed by atoms with Crippen LogP contribution in [0.5, 0.6) is 0 Å². The Labute approximate surface area is 140 Å². The summed E-state index contributed by atoms with van der Waals surface area (Å²) in [7, 11) is 0. The van der Waals surface area contributed by atoms with Crippen molar-refractivity contribution in [3.63, 3.8) is 0 Å². The molecule has 24 heavy (non-hydrogen) atoms. The lowest BCUT2D eigenvalue weighted by molar-refractivity contribution is -0.121. The lowest BCUT2D eigenvalue weighted by atomic mass is 10.0. The molecule has 0 saturated carbocycles. The first-order valence-corrected chi connectivity index (χ1v) is 8.31. The van der Waals surface area contributed by atoms with E-state index in [2.05, 4.69) is 15.4 Å². The summed E-state index contributed by atoms with van der Waals surface area (Å²) in [6.45, 7) is 4.05. The summed E-state index contributed by atoms with van der Waals surface area (Å²) in [6.07, 6.45) is 2.36. The number of nitrogens with zero attached hydrogens (tertiary/aromatic N) is 2. The summed E-state index contributed by atoms with van der Waals surface area (Å²) >= 11 is 0. The van der Waals surface area contributed by atoms with Gasteiger partial charge in [-0.1, -0.05) is 23.4 Å². The third-order valence-electron chi connectivity index (χ3n) is 4.35. The highest BCUT2D eigenvalue weighted by Gasteiger charge is 2.26. The van der Waals surface area contributed by atoms with Crippen LogP contribution in [0.2, 0.25) is 0 Å².